The Labute approximate surface area is 139 Å². The number of ether oxygens (including phenoxy) is 2. The molecule has 0 aliphatic rings. The molecule has 0 spiro atoms. The Bertz CT molecular complexity index is 526. The second kappa shape index (κ2) is 9.98. The lowest BCUT2D eigenvalue weighted by atomic mass is 10.1. The molecule has 0 saturated carbocycles. The zero-order valence-electron chi connectivity index (χ0n) is 13.1. The number of hydrogen-bond acceptors (Lipinski definition) is 7. The molecule has 0 saturated heterocycles. The van der Waals surface area contributed by atoms with Crippen LogP contribution in [0.15, 0.2) is 18.2 Å². The Balaban J connectivity index is 2.54. The van der Waals surface area contributed by atoms with Crippen LogP contribution >= 0.6 is 11.8 Å². The quantitative estimate of drug-likeness (QED) is 0.383. The van der Waals surface area contributed by atoms with E-state index in [9.17, 15) is 9.90 Å². The number of benzene rings is 1. The van der Waals surface area contributed by atoms with Crippen molar-refractivity contribution < 1.29 is 24.5 Å². The molecule has 1 unspecified atom stereocenters. The second-order valence-corrected chi connectivity index (χ2v) is 5.59. The van der Waals surface area contributed by atoms with Gasteiger partial charge in [0.05, 0.1) is 20.3 Å². The molecule has 0 heterocycles. The standard InChI is InChI=1S/C15H22N2O5S/c1-21-12-6-10(7-13(22-2)14(12)19)4-3-5-23-8-11(16)15(20)17-9-18/h3-4,6-7,11,18-19H,5,8-9,16H2,1-2H3,(H,17,20)/b4-3+. The van der Waals surface area contributed by atoms with Crippen molar-refractivity contribution >= 4 is 23.7 Å². The van der Waals surface area contributed by atoms with Gasteiger partial charge in [-0.15, -0.1) is 0 Å². The topological polar surface area (TPSA) is 114 Å². The number of aromatic hydroxyl groups is 1. The van der Waals surface area contributed by atoms with Crippen molar-refractivity contribution in [3.05, 3.63) is 23.8 Å². The number of nitrogens with one attached hydrogen (secondary N) is 1. The van der Waals surface area contributed by atoms with Crippen LogP contribution in [0.4, 0.5) is 0 Å². The van der Waals surface area contributed by atoms with Crippen molar-refractivity contribution in [1.29, 1.82) is 0 Å². The van der Waals surface area contributed by atoms with Crippen LogP contribution < -0.4 is 20.5 Å². The number of methoxy groups -OCH3 is 2. The minimum absolute atomic E-state index is 0.0394. The summed E-state index contributed by atoms with van der Waals surface area (Å²) < 4.78 is 10.2. The monoisotopic (exact) mass is 342 g/mol. The molecule has 1 atom stereocenters. The van der Waals surface area contributed by atoms with E-state index in [4.69, 9.17) is 20.3 Å². The number of hydrogen-bond donors (Lipinski definition) is 4. The molecule has 0 aromatic heterocycles. The normalized spacial score (nSPS) is 12.2. The molecule has 23 heavy (non-hydrogen) atoms. The number of rotatable bonds is 9. The number of carbonyl (C=O) groups is 1. The fourth-order valence-electron chi connectivity index (χ4n) is 1.74. The van der Waals surface area contributed by atoms with Crippen LogP contribution in [0.2, 0.25) is 0 Å². The molecule has 1 rings (SSSR count). The van der Waals surface area contributed by atoms with Gasteiger partial charge in [0.1, 0.15) is 6.73 Å². The summed E-state index contributed by atoms with van der Waals surface area (Å²) in [4.78, 5) is 11.3. The average Bonchev–Trinajstić information content (AvgIpc) is 2.55. The van der Waals surface area contributed by atoms with E-state index in [1.165, 1.54) is 26.0 Å². The Kier molecular flexibility index (Phi) is 8.31. The molecule has 0 fully saturated rings. The highest BCUT2D eigenvalue weighted by atomic mass is 32.2. The van der Waals surface area contributed by atoms with Crippen LogP contribution in [0.3, 0.4) is 0 Å². The maximum Gasteiger partial charge on any atom is 0.239 e. The van der Waals surface area contributed by atoms with E-state index < -0.39 is 12.8 Å². The third kappa shape index (κ3) is 6.01. The molecule has 7 nitrogen and oxygen atoms in total. The fourth-order valence-corrected chi connectivity index (χ4v) is 2.52. The molecule has 128 valence electrons. The van der Waals surface area contributed by atoms with E-state index in [1.807, 2.05) is 12.2 Å². The second-order valence-electron chi connectivity index (χ2n) is 4.52. The van der Waals surface area contributed by atoms with E-state index in [2.05, 4.69) is 5.32 Å². The van der Waals surface area contributed by atoms with Crippen LogP contribution in [-0.2, 0) is 4.79 Å². The summed E-state index contributed by atoms with van der Waals surface area (Å²) in [5, 5.41) is 20.7. The van der Waals surface area contributed by atoms with E-state index in [1.54, 1.807) is 12.1 Å². The van der Waals surface area contributed by atoms with Crippen molar-refractivity contribution in [2.45, 2.75) is 6.04 Å². The first-order valence-corrected chi connectivity index (χ1v) is 8.02. The molecule has 1 amide bonds. The van der Waals surface area contributed by atoms with Gasteiger partial charge in [0.15, 0.2) is 11.5 Å². The minimum atomic E-state index is -0.658. The number of phenolic OH excluding ortho intramolecular Hbond substituents is 1. The summed E-state index contributed by atoms with van der Waals surface area (Å²) in [6.45, 7) is -0.415. The highest BCUT2D eigenvalue weighted by Gasteiger charge is 2.12. The van der Waals surface area contributed by atoms with Crippen molar-refractivity contribution in [1.82, 2.24) is 5.32 Å². The molecule has 0 bridgehead atoms. The summed E-state index contributed by atoms with van der Waals surface area (Å²) in [5.74, 6) is 1.35. The number of phenols is 1. The lowest BCUT2D eigenvalue weighted by Crippen LogP contribution is -2.42. The van der Waals surface area contributed by atoms with Crippen molar-refractivity contribution in [3.63, 3.8) is 0 Å². The van der Waals surface area contributed by atoms with E-state index in [-0.39, 0.29) is 11.7 Å². The summed E-state index contributed by atoms with van der Waals surface area (Å²) in [5.41, 5.74) is 6.48. The van der Waals surface area contributed by atoms with Gasteiger partial charge in [-0.3, -0.25) is 4.79 Å². The molecule has 1 aromatic rings. The lowest BCUT2D eigenvalue weighted by Gasteiger charge is -2.10. The molecule has 1 aromatic carbocycles. The first kappa shape index (κ1) is 19.1. The smallest absolute Gasteiger partial charge is 0.239 e. The number of thioether (sulfide) groups is 1. The Morgan fingerprint density at radius 2 is 2.00 bits per heavy atom. The molecular formula is C15H22N2O5S. The van der Waals surface area contributed by atoms with E-state index in [0.717, 1.165) is 5.56 Å². The first-order chi connectivity index (χ1) is 11.0. The highest BCUT2D eigenvalue weighted by molar-refractivity contribution is 7.99. The molecule has 0 aliphatic heterocycles. The van der Waals surface area contributed by atoms with Gasteiger partial charge in [-0.2, -0.15) is 11.8 Å². The van der Waals surface area contributed by atoms with Crippen LogP contribution in [0, 0.1) is 0 Å². The number of nitrogens with two attached hydrogens (primary N) is 1. The SMILES string of the molecule is COc1cc(/C=C/CSCC(N)C(=O)NCO)cc(OC)c1O. The Hall–Kier alpha value is -1.90. The van der Waals surface area contributed by atoms with Crippen LogP contribution in [0.25, 0.3) is 6.08 Å². The van der Waals surface area contributed by atoms with Gasteiger partial charge in [-0.25, -0.2) is 0 Å². The predicted molar refractivity (Wildman–Crippen MR) is 90.8 cm³/mol. The largest absolute Gasteiger partial charge is 0.502 e. The summed E-state index contributed by atoms with van der Waals surface area (Å²) in [6.07, 6.45) is 3.77. The Morgan fingerprint density at radius 1 is 1.39 bits per heavy atom. The van der Waals surface area contributed by atoms with Crippen LogP contribution in [-0.4, -0.2) is 54.6 Å². The number of aliphatic hydroxyl groups excluding tert-OH is 1. The highest BCUT2D eigenvalue weighted by Crippen LogP contribution is 2.37. The number of carbonyl (C=O) groups excluding carboxylic acids is 1. The van der Waals surface area contributed by atoms with Crippen molar-refractivity contribution in [2.24, 2.45) is 5.73 Å². The zero-order valence-corrected chi connectivity index (χ0v) is 13.9. The maximum atomic E-state index is 11.3. The third-order valence-corrected chi connectivity index (χ3v) is 3.94. The number of aliphatic hydroxyl groups is 1. The summed E-state index contributed by atoms with van der Waals surface area (Å²) in [6, 6.07) is 2.73. The zero-order chi connectivity index (χ0) is 17.2. The van der Waals surface area contributed by atoms with Crippen molar-refractivity contribution in [3.8, 4) is 17.2 Å². The average molecular weight is 342 g/mol. The molecule has 0 radical (unpaired) electrons. The molecule has 8 heteroatoms. The molecule has 5 N–H and O–H groups in total. The minimum Gasteiger partial charge on any atom is -0.502 e. The van der Waals surface area contributed by atoms with Gasteiger partial charge in [0, 0.05) is 11.5 Å². The van der Waals surface area contributed by atoms with Gasteiger partial charge < -0.3 is 30.7 Å². The maximum absolute atomic E-state index is 11.3. The first-order valence-electron chi connectivity index (χ1n) is 6.86. The van der Waals surface area contributed by atoms with Crippen molar-refractivity contribution in [2.75, 3.05) is 32.5 Å². The van der Waals surface area contributed by atoms with Gasteiger partial charge in [-0.1, -0.05) is 12.2 Å². The summed E-state index contributed by atoms with van der Waals surface area (Å²) >= 11 is 1.49. The van der Waals surface area contributed by atoms with Gasteiger partial charge in [0.25, 0.3) is 0 Å². The molecular weight excluding hydrogens is 320 g/mol. The lowest BCUT2D eigenvalue weighted by molar-refractivity contribution is -0.122. The predicted octanol–water partition coefficient (Wildman–Crippen LogP) is 0.549. The van der Waals surface area contributed by atoms with E-state index in [0.29, 0.717) is 23.0 Å². The third-order valence-electron chi connectivity index (χ3n) is 2.91. The van der Waals surface area contributed by atoms with Gasteiger partial charge >= 0.3 is 0 Å². The fraction of sp³-hybridized carbons (Fsp3) is 0.400. The van der Waals surface area contributed by atoms with Gasteiger partial charge in [-0.05, 0) is 17.7 Å². The summed E-state index contributed by atoms with van der Waals surface area (Å²) in [7, 11) is 2.94. The van der Waals surface area contributed by atoms with E-state index >= 15 is 0 Å². The van der Waals surface area contributed by atoms with Crippen LogP contribution in [0.1, 0.15) is 5.56 Å². The Morgan fingerprint density at radius 3 is 2.52 bits per heavy atom. The van der Waals surface area contributed by atoms with Crippen LogP contribution in [0.5, 0.6) is 17.2 Å². The van der Waals surface area contributed by atoms with Gasteiger partial charge in [0.2, 0.25) is 11.7 Å². The number of amides is 1. The molecule has 0 aliphatic carbocycles.